The fraction of sp³-hybridized carbons (Fsp3) is 0.600. The number of methoxy groups -OCH3 is 2. The first kappa shape index (κ1) is 15.5. The first-order chi connectivity index (χ1) is 9.76. The van der Waals surface area contributed by atoms with Gasteiger partial charge in [-0.25, -0.2) is 0 Å². The molecule has 0 saturated heterocycles. The summed E-state index contributed by atoms with van der Waals surface area (Å²) in [7, 11) is 3.33. The minimum Gasteiger partial charge on any atom is -0.497 e. The number of hydrogen-bond acceptors (Lipinski definition) is 5. The van der Waals surface area contributed by atoms with E-state index < -0.39 is 0 Å². The average molecular weight is 296 g/mol. The summed E-state index contributed by atoms with van der Waals surface area (Å²) in [6, 6.07) is 6.02. The van der Waals surface area contributed by atoms with Crippen molar-refractivity contribution in [3.63, 3.8) is 0 Å². The SMILES string of the molecule is COc1cc(OC)cc(C(CSC2CCCC2)NN)c1. The van der Waals surface area contributed by atoms with Crippen LogP contribution in [0.15, 0.2) is 18.2 Å². The van der Waals surface area contributed by atoms with E-state index in [-0.39, 0.29) is 6.04 Å². The molecule has 1 aromatic rings. The van der Waals surface area contributed by atoms with Crippen molar-refractivity contribution in [2.75, 3.05) is 20.0 Å². The molecular weight excluding hydrogens is 272 g/mol. The Kier molecular flexibility index (Phi) is 6.01. The van der Waals surface area contributed by atoms with Crippen molar-refractivity contribution in [1.29, 1.82) is 0 Å². The van der Waals surface area contributed by atoms with Gasteiger partial charge in [-0.3, -0.25) is 11.3 Å². The zero-order chi connectivity index (χ0) is 14.4. The number of thioether (sulfide) groups is 1. The molecule has 0 spiro atoms. The van der Waals surface area contributed by atoms with Gasteiger partial charge in [-0.1, -0.05) is 12.8 Å². The molecule has 1 saturated carbocycles. The normalized spacial score (nSPS) is 17.1. The molecule has 5 heteroatoms. The van der Waals surface area contributed by atoms with Crippen molar-refractivity contribution in [1.82, 2.24) is 5.43 Å². The van der Waals surface area contributed by atoms with E-state index in [1.807, 2.05) is 30.0 Å². The van der Waals surface area contributed by atoms with Crippen LogP contribution in [0.1, 0.15) is 37.3 Å². The lowest BCUT2D eigenvalue weighted by molar-refractivity contribution is 0.392. The summed E-state index contributed by atoms with van der Waals surface area (Å²) in [6.45, 7) is 0. The molecule has 0 radical (unpaired) electrons. The Morgan fingerprint density at radius 3 is 2.30 bits per heavy atom. The third-order valence-electron chi connectivity index (χ3n) is 3.78. The molecule has 4 nitrogen and oxygen atoms in total. The molecular formula is C15H24N2O2S. The fourth-order valence-electron chi connectivity index (χ4n) is 2.56. The van der Waals surface area contributed by atoms with Crippen LogP contribution >= 0.6 is 11.8 Å². The van der Waals surface area contributed by atoms with Crippen LogP contribution in [0.3, 0.4) is 0 Å². The molecule has 1 fully saturated rings. The minimum atomic E-state index is 0.115. The molecule has 1 aliphatic rings. The highest BCUT2D eigenvalue weighted by molar-refractivity contribution is 7.99. The summed E-state index contributed by atoms with van der Waals surface area (Å²) in [5, 5.41) is 0.790. The van der Waals surface area contributed by atoms with Crippen molar-refractivity contribution < 1.29 is 9.47 Å². The molecule has 0 amide bonds. The summed E-state index contributed by atoms with van der Waals surface area (Å²) >= 11 is 2.01. The van der Waals surface area contributed by atoms with E-state index in [1.54, 1.807) is 14.2 Å². The molecule has 0 bridgehead atoms. The molecule has 0 aromatic heterocycles. The van der Waals surface area contributed by atoms with Crippen LogP contribution in [-0.4, -0.2) is 25.2 Å². The molecule has 112 valence electrons. The van der Waals surface area contributed by atoms with Gasteiger partial charge in [0.05, 0.1) is 20.3 Å². The molecule has 3 N–H and O–H groups in total. The van der Waals surface area contributed by atoms with Gasteiger partial charge in [0, 0.05) is 17.1 Å². The van der Waals surface area contributed by atoms with Gasteiger partial charge >= 0.3 is 0 Å². The zero-order valence-electron chi connectivity index (χ0n) is 12.2. The second-order valence-corrected chi connectivity index (χ2v) is 6.44. The predicted molar refractivity (Wildman–Crippen MR) is 84.3 cm³/mol. The Hall–Kier alpha value is -0.910. The number of nitrogens with two attached hydrogens (primary N) is 1. The standard InChI is InChI=1S/C15H24N2O2S/c1-18-12-7-11(8-13(9-12)19-2)15(17-16)10-20-14-5-3-4-6-14/h7-9,14-15,17H,3-6,10,16H2,1-2H3. The Morgan fingerprint density at radius 2 is 1.80 bits per heavy atom. The molecule has 2 rings (SSSR count). The van der Waals surface area contributed by atoms with Crippen LogP contribution in [0, 0.1) is 0 Å². The van der Waals surface area contributed by atoms with Crippen LogP contribution in [0.4, 0.5) is 0 Å². The highest BCUT2D eigenvalue weighted by Gasteiger charge is 2.19. The first-order valence-corrected chi connectivity index (χ1v) is 8.12. The van der Waals surface area contributed by atoms with Gasteiger partial charge in [-0.05, 0) is 30.5 Å². The average Bonchev–Trinajstić information content (AvgIpc) is 3.00. The van der Waals surface area contributed by atoms with Crippen molar-refractivity contribution in [3.8, 4) is 11.5 Å². The van der Waals surface area contributed by atoms with E-state index >= 15 is 0 Å². The quantitative estimate of drug-likeness (QED) is 0.598. The molecule has 1 atom stereocenters. The third kappa shape index (κ3) is 4.04. The van der Waals surface area contributed by atoms with Gasteiger partial charge in [-0.15, -0.1) is 0 Å². The second kappa shape index (κ2) is 7.76. The van der Waals surface area contributed by atoms with Crippen molar-refractivity contribution >= 4 is 11.8 Å². The number of nitrogens with one attached hydrogen (secondary N) is 1. The molecule has 0 heterocycles. The number of hydrogen-bond donors (Lipinski definition) is 2. The smallest absolute Gasteiger partial charge is 0.122 e. The third-order valence-corrected chi connectivity index (χ3v) is 5.25. The maximum Gasteiger partial charge on any atom is 0.122 e. The Morgan fingerprint density at radius 1 is 1.20 bits per heavy atom. The summed E-state index contributed by atoms with van der Waals surface area (Å²) < 4.78 is 10.6. The number of benzene rings is 1. The van der Waals surface area contributed by atoms with Gasteiger partial charge in [0.15, 0.2) is 0 Å². The maximum absolute atomic E-state index is 5.73. The van der Waals surface area contributed by atoms with E-state index in [1.165, 1.54) is 25.7 Å². The highest BCUT2D eigenvalue weighted by Crippen LogP contribution is 2.33. The minimum absolute atomic E-state index is 0.115. The summed E-state index contributed by atoms with van der Waals surface area (Å²) in [4.78, 5) is 0. The number of hydrazine groups is 1. The Balaban J connectivity index is 2.05. The highest BCUT2D eigenvalue weighted by atomic mass is 32.2. The first-order valence-electron chi connectivity index (χ1n) is 7.07. The Bertz CT molecular complexity index is 400. The lowest BCUT2D eigenvalue weighted by atomic mass is 10.1. The van der Waals surface area contributed by atoms with Crippen LogP contribution in [-0.2, 0) is 0 Å². The van der Waals surface area contributed by atoms with E-state index in [2.05, 4.69) is 5.43 Å². The molecule has 1 aliphatic carbocycles. The van der Waals surface area contributed by atoms with Crippen LogP contribution < -0.4 is 20.7 Å². The van der Waals surface area contributed by atoms with Gasteiger partial charge in [-0.2, -0.15) is 11.8 Å². The van der Waals surface area contributed by atoms with Crippen LogP contribution in [0.5, 0.6) is 11.5 Å². The van der Waals surface area contributed by atoms with Gasteiger partial charge in [0.2, 0.25) is 0 Å². The topological polar surface area (TPSA) is 56.5 Å². The number of rotatable bonds is 7. The van der Waals surface area contributed by atoms with E-state index in [4.69, 9.17) is 15.3 Å². The zero-order valence-corrected chi connectivity index (χ0v) is 13.0. The summed E-state index contributed by atoms with van der Waals surface area (Å²) in [6.07, 6.45) is 5.41. The molecule has 1 aromatic carbocycles. The van der Waals surface area contributed by atoms with E-state index in [0.29, 0.717) is 0 Å². The van der Waals surface area contributed by atoms with Crippen molar-refractivity contribution in [2.24, 2.45) is 5.84 Å². The van der Waals surface area contributed by atoms with Gasteiger partial charge < -0.3 is 9.47 Å². The second-order valence-electron chi connectivity index (χ2n) is 5.11. The van der Waals surface area contributed by atoms with Gasteiger partial charge in [0.25, 0.3) is 0 Å². The van der Waals surface area contributed by atoms with Crippen molar-refractivity contribution in [3.05, 3.63) is 23.8 Å². The Labute approximate surface area is 125 Å². The molecule has 1 unspecified atom stereocenters. The molecule has 0 aliphatic heterocycles. The van der Waals surface area contributed by atoms with E-state index in [9.17, 15) is 0 Å². The van der Waals surface area contributed by atoms with Crippen LogP contribution in [0.25, 0.3) is 0 Å². The predicted octanol–water partition coefficient (Wildman–Crippen LogP) is 2.88. The lowest BCUT2D eigenvalue weighted by Crippen LogP contribution is -2.30. The lowest BCUT2D eigenvalue weighted by Gasteiger charge is -2.19. The monoisotopic (exact) mass is 296 g/mol. The fourth-order valence-corrected chi connectivity index (χ4v) is 3.98. The maximum atomic E-state index is 5.73. The summed E-state index contributed by atoms with van der Waals surface area (Å²) in [5.41, 5.74) is 4.02. The molecule has 20 heavy (non-hydrogen) atoms. The summed E-state index contributed by atoms with van der Waals surface area (Å²) in [5.74, 6) is 8.29. The van der Waals surface area contributed by atoms with Gasteiger partial charge in [0.1, 0.15) is 11.5 Å². The number of ether oxygens (including phenoxy) is 2. The largest absolute Gasteiger partial charge is 0.497 e. The van der Waals surface area contributed by atoms with Crippen molar-refractivity contribution in [2.45, 2.75) is 37.0 Å². The van der Waals surface area contributed by atoms with E-state index in [0.717, 1.165) is 28.1 Å². The van der Waals surface area contributed by atoms with Crippen LogP contribution in [0.2, 0.25) is 0 Å².